The van der Waals surface area contributed by atoms with E-state index in [4.69, 9.17) is 5.73 Å². The molecule has 14 heteroatoms. The van der Waals surface area contributed by atoms with Gasteiger partial charge in [-0.15, -0.1) is 0 Å². The summed E-state index contributed by atoms with van der Waals surface area (Å²) in [5.74, 6) is -2.31. The number of carbonyl (C=O) groups is 2. The molecule has 0 atom stereocenters. The number of carbonyl (C=O) groups excluding carboxylic acids is 2. The predicted molar refractivity (Wildman–Crippen MR) is 151 cm³/mol. The Morgan fingerprint density at radius 3 is 2.36 bits per heavy atom. The lowest BCUT2D eigenvalue weighted by Gasteiger charge is -2.25. The van der Waals surface area contributed by atoms with Crippen molar-refractivity contribution in [3.8, 4) is 11.3 Å². The van der Waals surface area contributed by atoms with Crippen molar-refractivity contribution in [2.45, 2.75) is 33.0 Å². The first-order valence-electron chi connectivity index (χ1n) is 12.9. The second-order valence-corrected chi connectivity index (χ2v) is 10.2. The molecule has 0 fully saturated rings. The smallest absolute Gasteiger partial charge is 0.383 e. The number of halogens is 4. The van der Waals surface area contributed by atoms with Gasteiger partial charge < -0.3 is 16.0 Å². The topological polar surface area (TPSA) is 122 Å². The molecule has 0 saturated carbocycles. The zero-order chi connectivity index (χ0) is 30.9. The molecule has 2 heterocycles. The van der Waals surface area contributed by atoms with Crippen LogP contribution in [0.5, 0.6) is 0 Å². The van der Waals surface area contributed by atoms with Crippen LogP contribution in [0, 0.1) is 5.82 Å². The van der Waals surface area contributed by atoms with Gasteiger partial charge in [-0.3, -0.25) is 14.5 Å². The maximum absolute atomic E-state index is 15.8. The third-order valence-electron chi connectivity index (χ3n) is 6.44. The number of fused-ring (bicyclic) bond motifs is 1. The number of aromatic nitrogens is 4. The van der Waals surface area contributed by atoms with Gasteiger partial charge in [0.1, 0.15) is 23.7 Å². The van der Waals surface area contributed by atoms with Crippen molar-refractivity contribution < 1.29 is 27.2 Å². The summed E-state index contributed by atoms with van der Waals surface area (Å²) in [6.45, 7) is 5.45. The van der Waals surface area contributed by atoms with Crippen molar-refractivity contribution in [2.75, 3.05) is 37.8 Å². The maximum atomic E-state index is 15.8. The van der Waals surface area contributed by atoms with E-state index in [9.17, 15) is 22.8 Å². The van der Waals surface area contributed by atoms with E-state index in [1.54, 1.807) is 23.7 Å². The minimum atomic E-state index is -4.75. The van der Waals surface area contributed by atoms with Crippen LogP contribution >= 0.6 is 0 Å². The maximum Gasteiger partial charge on any atom is 0.416 e. The molecule has 0 spiro atoms. The number of benzene rings is 2. The molecule has 2 amide bonds. The summed E-state index contributed by atoms with van der Waals surface area (Å²) in [7, 11) is 3.53. The number of rotatable bonds is 8. The van der Waals surface area contributed by atoms with E-state index in [0.29, 0.717) is 34.9 Å². The molecular weight excluding hydrogens is 556 g/mol. The predicted octanol–water partition coefficient (Wildman–Crippen LogP) is 4.79. The number of nitrogens with two attached hydrogens (primary N) is 1. The molecule has 10 nitrogen and oxygen atoms in total. The average Bonchev–Trinajstić information content (AvgIpc) is 3.30. The van der Waals surface area contributed by atoms with Crippen molar-refractivity contribution in [1.29, 1.82) is 0 Å². The Kier molecular flexibility index (Phi) is 8.48. The van der Waals surface area contributed by atoms with Crippen LogP contribution in [0.3, 0.4) is 0 Å². The number of likely N-dealkylation sites (N-methyl/N-ethyl adjacent to an activating group) is 1. The molecule has 2 aromatic heterocycles. The van der Waals surface area contributed by atoms with Gasteiger partial charge in [0.2, 0.25) is 5.91 Å². The van der Waals surface area contributed by atoms with Gasteiger partial charge in [0, 0.05) is 31.6 Å². The summed E-state index contributed by atoms with van der Waals surface area (Å²) in [5, 5.41) is 7.54. The van der Waals surface area contributed by atoms with Crippen molar-refractivity contribution in [1.82, 2.24) is 30.0 Å². The second-order valence-electron chi connectivity index (χ2n) is 10.2. The number of nitrogen functional groups attached to an aromatic ring is 1. The lowest BCUT2D eigenvalue weighted by Crippen LogP contribution is -2.33. The molecule has 0 bridgehead atoms. The third-order valence-corrected chi connectivity index (χ3v) is 6.44. The summed E-state index contributed by atoms with van der Waals surface area (Å²) in [5.41, 5.74) is 5.17. The number of hydrogen-bond acceptors (Lipinski definition) is 7. The molecule has 0 aliphatic heterocycles. The van der Waals surface area contributed by atoms with Crippen LogP contribution in [-0.2, 0) is 11.0 Å². The fraction of sp³-hybridized carbons (Fsp3) is 0.321. The molecule has 3 N–H and O–H groups in total. The highest BCUT2D eigenvalue weighted by Crippen LogP contribution is 2.38. The SMILES string of the molecule is CC(=O)N(c1ccc(-c2nn(C(C)C)c3ncnc(N)c23)cc1F)c1ccc(C(F)(F)F)cc1C(=O)NCCN(C)C. The van der Waals surface area contributed by atoms with Gasteiger partial charge in [-0.05, 0) is 58.3 Å². The van der Waals surface area contributed by atoms with E-state index in [0.717, 1.165) is 30.0 Å². The van der Waals surface area contributed by atoms with E-state index in [-0.39, 0.29) is 29.8 Å². The van der Waals surface area contributed by atoms with Crippen LogP contribution in [0.15, 0.2) is 42.7 Å². The van der Waals surface area contributed by atoms with Gasteiger partial charge in [0.05, 0.1) is 27.9 Å². The fourth-order valence-corrected chi connectivity index (χ4v) is 4.44. The zero-order valence-electron chi connectivity index (χ0n) is 23.6. The summed E-state index contributed by atoms with van der Waals surface area (Å²) in [4.78, 5) is 36.8. The van der Waals surface area contributed by atoms with Crippen molar-refractivity contribution in [2.24, 2.45) is 0 Å². The largest absolute Gasteiger partial charge is 0.416 e. The molecule has 0 aliphatic rings. The number of nitrogens with one attached hydrogen (secondary N) is 1. The second kappa shape index (κ2) is 11.7. The standard InChI is InChI=1S/C28H30F4N8O2/c1-15(2)40-26-23(25(33)35-14-36-26)24(37-40)17-6-8-22(20(29)12-17)39(16(3)41)21-9-7-18(28(30,31)32)13-19(21)27(42)34-10-11-38(4)5/h6-9,12-15H,10-11H2,1-5H3,(H,34,42)(H2,33,35,36). The highest BCUT2D eigenvalue weighted by molar-refractivity contribution is 6.08. The van der Waals surface area contributed by atoms with Crippen LogP contribution in [0.4, 0.5) is 34.8 Å². The third kappa shape index (κ3) is 6.03. The summed E-state index contributed by atoms with van der Waals surface area (Å²) < 4.78 is 58.1. The van der Waals surface area contributed by atoms with Crippen molar-refractivity contribution >= 4 is 40.0 Å². The molecule has 0 saturated heterocycles. The monoisotopic (exact) mass is 586 g/mol. The highest BCUT2D eigenvalue weighted by Gasteiger charge is 2.33. The molecule has 0 unspecified atom stereocenters. The summed E-state index contributed by atoms with van der Waals surface area (Å²) >= 11 is 0. The van der Waals surface area contributed by atoms with Gasteiger partial charge in [0.15, 0.2) is 5.65 Å². The van der Waals surface area contributed by atoms with Crippen molar-refractivity contribution in [3.05, 3.63) is 59.7 Å². The van der Waals surface area contributed by atoms with Gasteiger partial charge in [-0.1, -0.05) is 6.07 Å². The van der Waals surface area contributed by atoms with E-state index >= 15 is 4.39 Å². The Hall–Kier alpha value is -4.59. The first kappa shape index (κ1) is 30.4. The summed E-state index contributed by atoms with van der Waals surface area (Å²) in [6, 6.07) is 6.18. The minimum Gasteiger partial charge on any atom is -0.383 e. The first-order chi connectivity index (χ1) is 19.7. The Bertz CT molecular complexity index is 1650. The first-order valence-corrected chi connectivity index (χ1v) is 12.9. The number of anilines is 3. The van der Waals surface area contributed by atoms with Gasteiger partial charge in [0.25, 0.3) is 5.91 Å². The molecule has 222 valence electrons. The Morgan fingerprint density at radius 1 is 1.07 bits per heavy atom. The minimum absolute atomic E-state index is 0.102. The molecule has 0 radical (unpaired) electrons. The van der Waals surface area contributed by atoms with Crippen LogP contribution in [0.1, 0.15) is 42.7 Å². The summed E-state index contributed by atoms with van der Waals surface area (Å²) in [6.07, 6.45) is -3.45. The van der Waals surface area contributed by atoms with Gasteiger partial charge >= 0.3 is 6.18 Å². The van der Waals surface area contributed by atoms with Crippen LogP contribution in [0.2, 0.25) is 0 Å². The molecular formula is C28H30F4N8O2. The fourth-order valence-electron chi connectivity index (χ4n) is 4.44. The normalized spacial score (nSPS) is 11.9. The van der Waals surface area contributed by atoms with Crippen LogP contribution < -0.4 is 16.0 Å². The molecule has 42 heavy (non-hydrogen) atoms. The van der Waals surface area contributed by atoms with Gasteiger partial charge in [-0.25, -0.2) is 19.0 Å². The van der Waals surface area contributed by atoms with E-state index in [1.165, 1.54) is 18.5 Å². The Balaban J connectivity index is 1.83. The molecule has 4 aromatic rings. The number of amides is 2. The van der Waals surface area contributed by atoms with E-state index in [1.807, 2.05) is 13.8 Å². The average molecular weight is 587 g/mol. The molecule has 0 aliphatic carbocycles. The lowest BCUT2D eigenvalue weighted by atomic mass is 10.0. The highest BCUT2D eigenvalue weighted by atomic mass is 19.4. The zero-order valence-corrected chi connectivity index (χ0v) is 23.6. The van der Waals surface area contributed by atoms with E-state index < -0.39 is 34.9 Å². The number of hydrogen-bond donors (Lipinski definition) is 2. The lowest BCUT2D eigenvalue weighted by molar-refractivity contribution is -0.137. The van der Waals surface area contributed by atoms with Crippen LogP contribution in [0.25, 0.3) is 22.3 Å². The number of alkyl halides is 3. The van der Waals surface area contributed by atoms with E-state index in [2.05, 4.69) is 20.4 Å². The van der Waals surface area contributed by atoms with Crippen LogP contribution in [-0.4, -0.2) is 63.6 Å². The molecule has 4 rings (SSSR count). The Labute approximate surface area is 239 Å². The quantitative estimate of drug-likeness (QED) is 0.285. The molecule has 2 aromatic carbocycles. The van der Waals surface area contributed by atoms with Crippen molar-refractivity contribution in [3.63, 3.8) is 0 Å². The number of nitrogens with zero attached hydrogens (tertiary/aromatic N) is 6. The Morgan fingerprint density at radius 2 is 1.76 bits per heavy atom. The van der Waals surface area contributed by atoms with Gasteiger partial charge in [-0.2, -0.15) is 18.3 Å².